The van der Waals surface area contributed by atoms with Crippen molar-refractivity contribution in [3.63, 3.8) is 0 Å². The molecule has 8 heteroatoms. The van der Waals surface area contributed by atoms with Crippen molar-refractivity contribution < 1.29 is 18.3 Å². The molecule has 0 heterocycles. The second-order valence-electron chi connectivity index (χ2n) is 8.20. The molecular formula is C23H31BrN2O4S. The standard InChI is InChI=1S/C23H31BrN2O4S/c1-5-23(4,22(28)25-20(15-27)16(2)3)21(17-11-13-18(24)14-12-17)26-31(29,30)19-9-7-6-8-10-19/h6-14,16,20-21,26-27H,5,15H2,1-4H3,(H,25,28)/t20-,21+,23-/m1/s1. The monoisotopic (exact) mass is 510 g/mol. The molecule has 2 rings (SSSR count). The van der Waals surface area contributed by atoms with E-state index in [0.29, 0.717) is 12.0 Å². The molecule has 0 aliphatic heterocycles. The Morgan fingerprint density at radius 1 is 1.10 bits per heavy atom. The number of amides is 1. The third kappa shape index (κ3) is 6.16. The molecule has 3 atom stereocenters. The molecule has 2 aromatic rings. The van der Waals surface area contributed by atoms with Gasteiger partial charge in [-0.1, -0.05) is 67.0 Å². The number of carbonyl (C=O) groups excluding carboxylic acids is 1. The average Bonchev–Trinajstić information content (AvgIpc) is 2.76. The Morgan fingerprint density at radius 2 is 1.68 bits per heavy atom. The number of aliphatic hydroxyl groups is 1. The first-order valence-corrected chi connectivity index (χ1v) is 12.6. The van der Waals surface area contributed by atoms with Crippen LogP contribution in [-0.2, 0) is 14.8 Å². The third-order valence-electron chi connectivity index (χ3n) is 5.74. The van der Waals surface area contributed by atoms with E-state index in [4.69, 9.17) is 0 Å². The lowest BCUT2D eigenvalue weighted by molar-refractivity contribution is -0.133. The normalized spacial score (nSPS) is 15.8. The summed E-state index contributed by atoms with van der Waals surface area (Å²) in [6.45, 7) is 7.23. The van der Waals surface area contributed by atoms with Crippen molar-refractivity contribution in [1.29, 1.82) is 0 Å². The minimum absolute atomic E-state index is 0.0298. The molecule has 0 unspecified atom stereocenters. The van der Waals surface area contributed by atoms with Crippen molar-refractivity contribution in [2.75, 3.05) is 6.61 Å². The second kappa shape index (κ2) is 10.7. The summed E-state index contributed by atoms with van der Waals surface area (Å²) in [6, 6.07) is 14.1. The quantitative estimate of drug-likeness (QED) is 0.449. The fourth-order valence-electron chi connectivity index (χ4n) is 3.30. The third-order valence-corrected chi connectivity index (χ3v) is 7.71. The van der Waals surface area contributed by atoms with Crippen molar-refractivity contribution in [2.24, 2.45) is 11.3 Å². The van der Waals surface area contributed by atoms with E-state index in [9.17, 15) is 18.3 Å². The van der Waals surface area contributed by atoms with E-state index < -0.39 is 27.5 Å². The molecule has 2 aromatic carbocycles. The maximum Gasteiger partial charge on any atom is 0.241 e. The molecular weight excluding hydrogens is 480 g/mol. The molecule has 0 saturated heterocycles. The summed E-state index contributed by atoms with van der Waals surface area (Å²) >= 11 is 3.40. The molecule has 3 N–H and O–H groups in total. The van der Waals surface area contributed by atoms with Gasteiger partial charge in [0.2, 0.25) is 15.9 Å². The molecule has 0 bridgehead atoms. The predicted molar refractivity (Wildman–Crippen MR) is 126 cm³/mol. The van der Waals surface area contributed by atoms with Gasteiger partial charge in [0, 0.05) is 4.47 Å². The van der Waals surface area contributed by atoms with Crippen LogP contribution in [0.1, 0.15) is 45.7 Å². The van der Waals surface area contributed by atoms with E-state index in [1.807, 2.05) is 32.9 Å². The summed E-state index contributed by atoms with van der Waals surface area (Å²) in [4.78, 5) is 13.5. The number of nitrogens with one attached hydrogen (secondary N) is 2. The molecule has 31 heavy (non-hydrogen) atoms. The Bertz CT molecular complexity index is 965. The molecule has 0 radical (unpaired) electrons. The fraction of sp³-hybridized carbons (Fsp3) is 0.435. The summed E-state index contributed by atoms with van der Waals surface area (Å²) in [5, 5.41) is 12.6. The molecule has 0 aliphatic rings. The van der Waals surface area contributed by atoms with Crippen LogP contribution in [0.25, 0.3) is 0 Å². The topological polar surface area (TPSA) is 95.5 Å². The van der Waals surface area contributed by atoms with Gasteiger partial charge in [0.15, 0.2) is 0 Å². The van der Waals surface area contributed by atoms with E-state index in [1.54, 1.807) is 37.3 Å². The van der Waals surface area contributed by atoms with E-state index in [0.717, 1.165) is 4.47 Å². The molecule has 0 aromatic heterocycles. The number of hydrogen-bond donors (Lipinski definition) is 3. The van der Waals surface area contributed by atoms with Gasteiger partial charge in [-0.05, 0) is 49.1 Å². The Kier molecular flexibility index (Phi) is 8.83. The molecule has 170 valence electrons. The van der Waals surface area contributed by atoms with E-state index >= 15 is 0 Å². The lowest BCUT2D eigenvalue weighted by Gasteiger charge is -2.38. The summed E-state index contributed by atoms with van der Waals surface area (Å²) in [5.41, 5.74) is -0.426. The largest absolute Gasteiger partial charge is 0.394 e. The van der Waals surface area contributed by atoms with Gasteiger partial charge >= 0.3 is 0 Å². The minimum atomic E-state index is -3.89. The molecule has 0 fully saturated rings. The number of aliphatic hydroxyl groups excluding tert-OH is 1. The number of hydrogen-bond acceptors (Lipinski definition) is 4. The van der Waals surface area contributed by atoms with Crippen molar-refractivity contribution in [3.05, 3.63) is 64.6 Å². The Balaban J connectivity index is 2.51. The summed E-state index contributed by atoms with van der Waals surface area (Å²) in [7, 11) is -3.89. The van der Waals surface area contributed by atoms with Gasteiger partial charge in [0.05, 0.1) is 29.0 Å². The van der Waals surface area contributed by atoms with Crippen molar-refractivity contribution in [1.82, 2.24) is 10.0 Å². The van der Waals surface area contributed by atoms with Crippen LogP contribution in [0.3, 0.4) is 0 Å². The number of benzene rings is 2. The average molecular weight is 511 g/mol. The number of sulfonamides is 1. The van der Waals surface area contributed by atoms with Crippen LogP contribution in [0.2, 0.25) is 0 Å². The smallest absolute Gasteiger partial charge is 0.241 e. The highest BCUT2D eigenvalue weighted by molar-refractivity contribution is 9.10. The van der Waals surface area contributed by atoms with Gasteiger partial charge in [-0.25, -0.2) is 13.1 Å². The van der Waals surface area contributed by atoms with Crippen LogP contribution in [0.15, 0.2) is 64.0 Å². The maximum absolute atomic E-state index is 13.4. The van der Waals surface area contributed by atoms with E-state index in [-0.39, 0.29) is 23.3 Å². The summed E-state index contributed by atoms with van der Waals surface area (Å²) in [6.07, 6.45) is 0.382. The highest BCUT2D eigenvalue weighted by Crippen LogP contribution is 2.39. The number of rotatable bonds is 10. The Hall–Kier alpha value is -1.74. The van der Waals surface area contributed by atoms with Gasteiger partial charge < -0.3 is 10.4 Å². The lowest BCUT2D eigenvalue weighted by Crippen LogP contribution is -2.52. The number of halogens is 1. The SMILES string of the molecule is CC[C@@](C)(C(=O)N[C@H](CO)C(C)C)[C@@H](NS(=O)(=O)c1ccccc1)c1ccc(Br)cc1. The maximum atomic E-state index is 13.4. The van der Waals surface area contributed by atoms with Crippen LogP contribution in [-0.4, -0.2) is 32.1 Å². The van der Waals surface area contributed by atoms with Crippen molar-refractivity contribution in [2.45, 2.75) is 51.1 Å². The van der Waals surface area contributed by atoms with Gasteiger partial charge in [-0.3, -0.25) is 4.79 Å². The van der Waals surface area contributed by atoms with Gasteiger partial charge in [-0.2, -0.15) is 0 Å². The Morgan fingerprint density at radius 3 is 2.16 bits per heavy atom. The first-order valence-electron chi connectivity index (χ1n) is 10.3. The highest BCUT2D eigenvalue weighted by Gasteiger charge is 2.43. The zero-order chi connectivity index (χ0) is 23.2. The summed E-state index contributed by atoms with van der Waals surface area (Å²) in [5.74, 6) is -0.284. The zero-order valence-electron chi connectivity index (χ0n) is 18.3. The van der Waals surface area contributed by atoms with Crippen LogP contribution >= 0.6 is 15.9 Å². The van der Waals surface area contributed by atoms with Crippen LogP contribution in [0.5, 0.6) is 0 Å². The van der Waals surface area contributed by atoms with E-state index in [2.05, 4.69) is 26.0 Å². The fourth-order valence-corrected chi connectivity index (χ4v) is 4.92. The second-order valence-corrected chi connectivity index (χ2v) is 10.8. The number of carbonyl (C=O) groups is 1. The predicted octanol–water partition coefficient (Wildman–Crippen LogP) is 4.02. The summed E-state index contributed by atoms with van der Waals surface area (Å²) < 4.78 is 29.9. The molecule has 1 amide bonds. The highest BCUT2D eigenvalue weighted by atomic mass is 79.9. The van der Waals surface area contributed by atoms with Crippen LogP contribution in [0, 0.1) is 11.3 Å². The van der Waals surface area contributed by atoms with E-state index in [1.165, 1.54) is 12.1 Å². The van der Waals surface area contributed by atoms with Gasteiger partial charge in [0.25, 0.3) is 0 Å². The minimum Gasteiger partial charge on any atom is -0.394 e. The van der Waals surface area contributed by atoms with Gasteiger partial charge in [-0.15, -0.1) is 0 Å². The zero-order valence-corrected chi connectivity index (χ0v) is 20.7. The van der Waals surface area contributed by atoms with Crippen molar-refractivity contribution >= 4 is 31.9 Å². The van der Waals surface area contributed by atoms with Gasteiger partial charge in [0.1, 0.15) is 0 Å². The van der Waals surface area contributed by atoms with Crippen molar-refractivity contribution in [3.8, 4) is 0 Å². The van der Waals surface area contributed by atoms with Crippen LogP contribution < -0.4 is 10.0 Å². The molecule has 0 spiro atoms. The molecule has 6 nitrogen and oxygen atoms in total. The first kappa shape index (κ1) is 25.5. The van der Waals surface area contributed by atoms with Crippen LogP contribution in [0.4, 0.5) is 0 Å². The Labute approximate surface area is 193 Å². The lowest BCUT2D eigenvalue weighted by atomic mass is 9.75. The molecule has 0 saturated carbocycles. The molecule has 0 aliphatic carbocycles. The first-order chi connectivity index (χ1) is 14.5.